The number of ether oxygens (including phenoxy) is 2. The van der Waals surface area contributed by atoms with Crippen LogP contribution >= 0.6 is 0 Å². The van der Waals surface area contributed by atoms with Gasteiger partial charge in [0.05, 0.1) is 37.3 Å². The van der Waals surface area contributed by atoms with Crippen molar-refractivity contribution < 1.29 is 23.8 Å². The van der Waals surface area contributed by atoms with Crippen LogP contribution in [0.25, 0.3) is 16.7 Å². The molecular weight excluding hydrogens is 457 g/mol. The number of aliphatic hydroxyl groups is 1. The summed E-state index contributed by atoms with van der Waals surface area (Å²) < 4.78 is 26.5. The number of aliphatic hydroxyl groups excluding tert-OH is 1. The highest BCUT2D eigenvalue weighted by molar-refractivity contribution is 5.94. The van der Waals surface area contributed by atoms with Gasteiger partial charge in [0, 0.05) is 6.20 Å². The van der Waals surface area contributed by atoms with Gasteiger partial charge in [-0.3, -0.25) is 4.79 Å². The maximum atomic E-state index is 13.9. The molecule has 35 heavy (non-hydrogen) atoms. The summed E-state index contributed by atoms with van der Waals surface area (Å²) in [6.45, 7) is 1.39. The van der Waals surface area contributed by atoms with Gasteiger partial charge in [-0.05, 0) is 36.8 Å². The number of nitrogens with one attached hydrogen (secondary N) is 1. The number of nitrogens with zero attached hydrogens (tertiary/aromatic N) is 6. The van der Waals surface area contributed by atoms with Crippen LogP contribution < -0.4 is 10.1 Å². The van der Waals surface area contributed by atoms with Gasteiger partial charge in [-0.15, -0.1) is 0 Å². The molecule has 0 aliphatic rings. The fourth-order valence-electron chi connectivity index (χ4n) is 3.20. The van der Waals surface area contributed by atoms with E-state index in [-0.39, 0.29) is 31.5 Å². The van der Waals surface area contributed by atoms with E-state index in [9.17, 15) is 9.18 Å². The van der Waals surface area contributed by atoms with Crippen LogP contribution in [0.5, 0.6) is 5.88 Å². The third-order valence-electron chi connectivity index (χ3n) is 4.92. The molecule has 4 aromatic rings. The van der Waals surface area contributed by atoms with Gasteiger partial charge in [0.25, 0.3) is 5.91 Å². The lowest BCUT2D eigenvalue weighted by atomic mass is 10.2. The number of pyridine rings is 1. The molecule has 3 heterocycles. The molecule has 1 amide bonds. The lowest BCUT2D eigenvalue weighted by molar-refractivity contribution is -0.125. The van der Waals surface area contributed by atoms with Crippen LogP contribution in [0.3, 0.4) is 0 Å². The van der Waals surface area contributed by atoms with Crippen LogP contribution in [0.1, 0.15) is 11.1 Å². The molecule has 1 aromatic carbocycles. The first-order valence-corrected chi connectivity index (χ1v) is 10.5. The summed E-state index contributed by atoms with van der Waals surface area (Å²) in [5.41, 5.74) is 1.98. The highest BCUT2D eigenvalue weighted by Crippen LogP contribution is 2.26. The molecule has 3 aromatic heterocycles. The van der Waals surface area contributed by atoms with Gasteiger partial charge in [0.15, 0.2) is 5.65 Å². The van der Waals surface area contributed by atoms with Crippen LogP contribution in [0, 0.1) is 24.1 Å². The van der Waals surface area contributed by atoms with Crippen LogP contribution in [-0.2, 0) is 9.53 Å². The van der Waals surface area contributed by atoms with Gasteiger partial charge in [0.1, 0.15) is 29.4 Å². The van der Waals surface area contributed by atoms with Gasteiger partial charge < -0.3 is 19.9 Å². The van der Waals surface area contributed by atoms with E-state index in [1.165, 1.54) is 47.7 Å². The number of benzene rings is 1. The number of nitriles is 1. The zero-order valence-electron chi connectivity index (χ0n) is 18.6. The lowest BCUT2D eigenvalue weighted by Crippen LogP contribution is -2.37. The van der Waals surface area contributed by atoms with E-state index in [2.05, 4.69) is 25.4 Å². The number of carbonyl (C=O) groups excluding carboxylic acids is 1. The van der Waals surface area contributed by atoms with Gasteiger partial charge in [-0.25, -0.2) is 24.0 Å². The highest BCUT2D eigenvalue weighted by Gasteiger charge is 2.24. The van der Waals surface area contributed by atoms with E-state index >= 15 is 0 Å². The second kappa shape index (κ2) is 10.6. The highest BCUT2D eigenvalue weighted by atomic mass is 19.1. The van der Waals surface area contributed by atoms with Gasteiger partial charge in [-0.1, -0.05) is 6.07 Å². The maximum absolute atomic E-state index is 13.9. The topological polar surface area (TPSA) is 148 Å². The fraction of sp³-hybridized carbons (Fsp3) is 0.217. The normalized spacial score (nSPS) is 11.7. The Kier molecular flexibility index (Phi) is 7.20. The van der Waals surface area contributed by atoms with Crippen molar-refractivity contribution in [3.05, 3.63) is 66.0 Å². The van der Waals surface area contributed by atoms with E-state index < -0.39 is 17.8 Å². The minimum absolute atomic E-state index is 0.00176. The molecule has 0 saturated heterocycles. The molecule has 0 bridgehead atoms. The van der Waals surface area contributed by atoms with Crippen molar-refractivity contribution in [1.82, 2.24) is 24.7 Å². The number of carbonyl (C=O) groups is 1. The molecule has 12 heteroatoms. The Balaban J connectivity index is 1.62. The molecule has 4 rings (SSSR count). The van der Waals surface area contributed by atoms with Crippen molar-refractivity contribution >= 4 is 22.8 Å². The summed E-state index contributed by atoms with van der Waals surface area (Å²) in [7, 11) is 0. The summed E-state index contributed by atoms with van der Waals surface area (Å²) in [4.78, 5) is 25.3. The first-order valence-electron chi connectivity index (χ1n) is 10.5. The average molecular weight is 477 g/mol. The molecule has 178 valence electrons. The van der Waals surface area contributed by atoms with Crippen molar-refractivity contribution in [2.45, 2.75) is 13.0 Å². The standard InChI is InChI=1S/C23H20FN7O4/c1-14-2-4-16(24)8-18(14)31-21-17(11-29-31)23(28-13-27-21)35-19(12-34-7-6-32)22(33)30-20-5-3-15(9-25)10-26-20/h2-5,8,10-11,13,19,32H,6-7,12H2,1H3,(H,26,30,33)/t19-/m0/s1. The predicted molar refractivity (Wildman–Crippen MR) is 121 cm³/mol. The maximum Gasteiger partial charge on any atom is 0.269 e. The second-order valence-electron chi connectivity index (χ2n) is 7.34. The van der Waals surface area contributed by atoms with Gasteiger partial charge in [-0.2, -0.15) is 10.4 Å². The first kappa shape index (κ1) is 23.7. The molecule has 0 fully saturated rings. The number of rotatable bonds is 9. The van der Waals surface area contributed by atoms with E-state index in [1.807, 2.05) is 13.0 Å². The van der Waals surface area contributed by atoms with E-state index in [0.717, 1.165) is 5.56 Å². The predicted octanol–water partition coefficient (Wildman–Crippen LogP) is 1.92. The SMILES string of the molecule is Cc1ccc(F)cc1-n1ncc2c(O[C@@H](COCCO)C(=O)Nc3ccc(C#N)cn3)ncnc21. The third kappa shape index (κ3) is 5.37. The van der Waals surface area contributed by atoms with Crippen LogP contribution in [-0.4, -0.2) is 61.7 Å². The smallest absolute Gasteiger partial charge is 0.269 e. The molecular formula is C23H20FN7O4. The zero-order chi connectivity index (χ0) is 24.8. The second-order valence-corrected chi connectivity index (χ2v) is 7.34. The van der Waals surface area contributed by atoms with Gasteiger partial charge >= 0.3 is 0 Å². The van der Waals surface area contributed by atoms with Crippen LogP contribution in [0.15, 0.2) is 49.1 Å². The Morgan fingerprint density at radius 1 is 1.26 bits per heavy atom. The van der Waals surface area contributed by atoms with E-state index in [0.29, 0.717) is 22.3 Å². The largest absolute Gasteiger partial charge is 0.461 e. The lowest BCUT2D eigenvalue weighted by Gasteiger charge is -2.18. The Morgan fingerprint density at radius 2 is 2.11 bits per heavy atom. The van der Waals surface area contributed by atoms with Gasteiger partial charge in [0.2, 0.25) is 12.0 Å². The molecule has 0 unspecified atom stereocenters. The fourth-order valence-corrected chi connectivity index (χ4v) is 3.20. The summed E-state index contributed by atoms with van der Waals surface area (Å²) in [5, 5.41) is 25.2. The number of aryl methyl sites for hydroxylation is 1. The summed E-state index contributed by atoms with van der Waals surface area (Å²) in [6, 6.07) is 9.27. The molecule has 0 saturated carbocycles. The zero-order valence-corrected chi connectivity index (χ0v) is 18.6. The molecule has 0 spiro atoms. The van der Waals surface area contributed by atoms with Crippen LogP contribution in [0.2, 0.25) is 0 Å². The summed E-state index contributed by atoms with van der Waals surface area (Å²) in [5.74, 6) is -0.725. The Bertz CT molecular complexity index is 1390. The van der Waals surface area contributed by atoms with E-state index in [4.69, 9.17) is 19.8 Å². The quantitative estimate of drug-likeness (QED) is 0.345. The number of anilines is 1. The first-order chi connectivity index (χ1) is 17.0. The number of hydrogen-bond donors (Lipinski definition) is 2. The molecule has 2 N–H and O–H groups in total. The Hall–Kier alpha value is -4.47. The summed E-state index contributed by atoms with van der Waals surface area (Å²) >= 11 is 0. The number of hydrogen-bond acceptors (Lipinski definition) is 9. The summed E-state index contributed by atoms with van der Waals surface area (Å²) in [6.07, 6.45) is 2.86. The molecule has 0 aliphatic carbocycles. The third-order valence-corrected chi connectivity index (χ3v) is 4.92. The molecule has 1 atom stereocenters. The average Bonchev–Trinajstić information content (AvgIpc) is 3.30. The number of fused-ring (bicyclic) bond motifs is 1. The number of aromatic nitrogens is 5. The van der Waals surface area contributed by atoms with Crippen molar-refractivity contribution in [3.8, 4) is 17.6 Å². The van der Waals surface area contributed by atoms with Crippen molar-refractivity contribution in [1.29, 1.82) is 5.26 Å². The number of amides is 1. The van der Waals surface area contributed by atoms with Crippen LogP contribution in [0.4, 0.5) is 10.2 Å². The van der Waals surface area contributed by atoms with Crippen molar-refractivity contribution in [3.63, 3.8) is 0 Å². The number of halogens is 1. The van der Waals surface area contributed by atoms with Crippen molar-refractivity contribution in [2.24, 2.45) is 0 Å². The molecule has 11 nitrogen and oxygen atoms in total. The Morgan fingerprint density at radius 3 is 2.86 bits per heavy atom. The molecule has 0 radical (unpaired) electrons. The minimum atomic E-state index is -1.17. The monoisotopic (exact) mass is 477 g/mol. The van der Waals surface area contributed by atoms with E-state index in [1.54, 1.807) is 6.07 Å². The molecule has 0 aliphatic heterocycles. The van der Waals surface area contributed by atoms with Crippen molar-refractivity contribution in [2.75, 3.05) is 25.1 Å². The minimum Gasteiger partial charge on any atom is -0.461 e. The Labute approximate surface area is 198 Å².